The second-order valence-corrected chi connectivity index (χ2v) is 7.32. The molecule has 4 heteroatoms. The van der Waals surface area contributed by atoms with Crippen LogP contribution in [0.15, 0.2) is 4.47 Å². The predicted molar refractivity (Wildman–Crippen MR) is 92.6 cm³/mol. The second kappa shape index (κ2) is 7.77. The van der Waals surface area contributed by atoms with Crippen molar-refractivity contribution in [3.05, 3.63) is 15.9 Å². The molecule has 0 aromatic carbocycles. The molecule has 1 aliphatic rings. The van der Waals surface area contributed by atoms with Crippen molar-refractivity contribution in [1.82, 2.24) is 15.1 Å². The Kier molecular flexibility index (Phi) is 6.30. The first-order valence-electron chi connectivity index (χ1n) is 8.46. The smallest absolute Gasteiger partial charge is 0.0738 e. The highest BCUT2D eigenvalue weighted by Crippen LogP contribution is 2.38. The van der Waals surface area contributed by atoms with E-state index in [4.69, 9.17) is 0 Å². The number of hydrogen-bond donors (Lipinski definition) is 1. The minimum absolute atomic E-state index is 0.786. The Balaban J connectivity index is 2.17. The van der Waals surface area contributed by atoms with Crippen molar-refractivity contribution in [2.45, 2.75) is 59.4 Å². The van der Waals surface area contributed by atoms with Gasteiger partial charge in [0.2, 0.25) is 0 Å². The summed E-state index contributed by atoms with van der Waals surface area (Å²) in [5.41, 5.74) is 2.53. The zero-order valence-electron chi connectivity index (χ0n) is 14.0. The van der Waals surface area contributed by atoms with Crippen LogP contribution in [0.4, 0.5) is 0 Å². The molecule has 0 aliphatic heterocycles. The Morgan fingerprint density at radius 3 is 2.67 bits per heavy atom. The maximum atomic E-state index is 4.66. The van der Waals surface area contributed by atoms with Crippen LogP contribution in [0.1, 0.15) is 50.9 Å². The minimum atomic E-state index is 0.786. The van der Waals surface area contributed by atoms with E-state index < -0.39 is 0 Å². The normalized spacial score (nSPS) is 26.2. The van der Waals surface area contributed by atoms with Gasteiger partial charge in [-0.2, -0.15) is 5.10 Å². The summed E-state index contributed by atoms with van der Waals surface area (Å²) in [6.07, 6.45) is 6.66. The zero-order chi connectivity index (χ0) is 15.4. The molecular formula is C17H30BrN3. The van der Waals surface area contributed by atoms with Gasteiger partial charge in [-0.05, 0) is 80.4 Å². The van der Waals surface area contributed by atoms with Crippen molar-refractivity contribution in [3.8, 4) is 0 Å². The quantitative estimate of drug-likeness (QED) is 0.829. The van der Waals surface area contributed by atoms with E-state index in [2.05, 4.69) is 58.8 Å². The van der Waals surface area contributed by atoms with Crippen molar-refractivity contribution in [2.24, 2.45) is 17.8 Å². The monoisotopic (exact) mass is 355 g/mol. The molecule has 2 rings (SSSR count). The van der Waals surface area contributed by atoms with E-state index >= 15 is 0 Å². The molecule has 21 heavy (non-hydrogen) atoms. The van der Waals surface area contributed by atoms with Crippen LogP contribution in [0.2, 0.25) is 0 Å². The van der Waals surface area contributed by atoms with Gasteiger partial charge < -0.3 is 5.32 Å². The number of nitrogens with zero attached hydrogens (tertiary/aromatic N) is 2. The Morgan fingerprint density at radius 1 is 1.29 bits per heavy atom. The summed E-state index contributed by atoms with van der Waals surface area (Å²) in [5, 5.41) is 8.06. The average Bonchev–Trinajstić information content (AvgIpc) is 2.76. The van der Waals surface area contributed by atoms with E-state index in [0.29, 0.717) is 0 Å². The van der Waals surface area contributed by atoms with Crippen LogP contribution in [-0.2, 0) is 13.0 Å². The first kappa shape index (κ1) is 17.0. The van der Waals surface area contributed by atoms with Crippen molar-refractivity contribution in [1.29, 1.82) is 0 Å². The van der Waals surface area contributed by atoms with Crippen molar-refractivity contribution >= 4 is 15.9 Å². The van der Waals surface area contributed by atoms with E-state index in [-0.39, 0.29) is 0 Å². The molecule has 0 amide bonds. The Morgan fingerprint density at radius 2 is 2.05 bits per heavy atom. The van der Waals surface area contributed by atoms with Crippen molar-refractivity contribution < 1.29 is 0 Å². The number of aromatic nitrogens is 2. The fourth-order valence-electron chi connectivity index (χ4n) is 3.89. The van der Waals surface area contributed by atoms with E-state index in [9.17, 15) is 0 Å². The molecule has 120 valence electrons. The molecule has 0 saturated heterocycles. The van der Waals surface area contributed by atoms with Crippen molar-refractivity contribution in [3.63, 3.8) is 0 Å². The van der Waals surface area contributed by atoms with E-state index in [1.165, 1.54) is 35.8 Å². The highest BCUT2D eigenvalue weighted by Gasteiger charge is 2.31. The van der Waals surface area contributed by atoms with Crippen LogP contribution >= 0.6 is 15.9 Å². The topological polar surface area (TPSA) is 29.9 Å². The number of rotatable bonds is 6. The average molecular weight is 356 g/mol. The maximum absolute atomic E-state index is 4.66. The zero-order valence-corrected chi connectivity index (χ0v) is 15.5. The molecule has 1 aromatic heterocycles. The van der Waals surface area contributed by atoms with Gasteiger partial charge in [-0.3, -0.25) is 4.68 Å². The summed E-state index contributed by atoms with van der Waals surface area (Å²) in [4.78, 5) is 0. The fourth-order valence-corrected chi connectivity index (χ4v) is 4.33. The van der Waals surface area contributed by atoms with Crippen LogP contribution in [0, 0.1) is 24.7 Å². The molecule has 1 saturated carbocycles. The molecule has 0 radical (unpaired) electrons. The SMILES string of the molecule is CCC1CCC(CNC)C(Cc2c(Br)c(C)nn2CC)C1. The van der Waals surface area contributed by atoms with Gasteiger partial charge in [-0.1, -0.05) is 19.8 Å². The van der Waals surface area contributed by atoms with Crippen LogP contribution in [0.5, 0.6) is 0 Å². The van der Waals surface area contributed by atoms with Crippen molar-refractivity contribution in [2.75, 3.05) is 13.6 Å². The molecule has 1 fully saturated rings. The molecular weight excluding hydrogens is 326 g/mol. The highest BCUT2D eigenvalue weighted by molar-refractivity contribution is 9.10. The minimum Gasteiger partial charge on any atom is -0.319 e. The highest BCUT2D eigenvalue weighted by atomic mass is 79.9. The van der Waals surface area contributed by atoms with Gasteiger partial charge in [0.05, 0.1) is 15.9 Å². The van der Waals surface area contributed by atoms with Gasteiger partial charge in [-0.15, -0.1) is 0 Å². The van der Waals surface area contributed by atoms with Gasteiger partial charge in [-0.25, -0.2) is 0 Å². The van der Waals surface area contributed by atoms with Gasteiger partial charge in [0.1, 0.15) is 0 Å². The Hall–Kier alpha value is -0.350. The third kappa shape index (κ3) is 3.89. The lowest BCUT2D eigenvalue weighted by atomic mass is 9.71. The number of halogens is 1. The molecule has 1 aromatic rings. The summed E-state index contributed by atoms with van der Waals surface area (Å²) in [6.45, 7) is 8.74. The molecule has 0 bridgehead atoms. The predicted octanol–water partition coefficient (Wildman–Crippen LogP) is 4.18. The lowest BCUT2D eigenvalue weighted by Crippen LogP contribution is -2.33. The van der Waals surface area contributed by atoms with Crippen LogP contribution in [0.3, 0.4) is 0 Å². The number of hydrogen-bond acceptors (Lipinski definition) is 2. The third-order valence-corrected chi connectivity index (χ3v) is 6.23. The lowest BCUT2D eigenvalue weighted by molar-refractivity contribution is 0.171. The second-order valence-electron chi connectivity index (χ2n) is 6.53. The molecule has 1 aliphatic carbocycles. The lowest BCUT2D eigenvalue weighted by Gasteiger charge is -2.36. The van der Waals surface area contributed by atoms with E-state index in [1.807, 2.05) is 0 Å². The summed E-state index contributed by atoms with van der Waals surface area (Å²) in [7, 11) is 2.08. The van der Waals surface area contributed by atoms with Crippen LogP contribution in [0.25, 0.3) is 0 Å². The van der Waals surface area contributed by atoms with Crippen LogP contribution < -0.4 is 5.32 Å². The van der Waals surface area contributed by atoms with Gasteiger partial charge in [0.15, 0.2) is 0 Å². The molecule has 1 heterocycles. The summed E-state index contributed by atoms with van der Waals surface area (Å²) in [5.74, 6) is 2.51. The molecule has 3 atom stereocenters. The first-order chi connectivity index (χ1) is 10.1. The Labute approximate surface area is 138 Å². The Bertz CT molecular complexity index is 455. The fraction of sp³-hybridized carbons (Fsp3) is 0.824. The molecule has 1 N–H and O–H groups in total. The summed E-state index contributed by atoms with van der Waals surface area (Å²) in [6, 6.07) is 0. The summed E-state index contributed by atoms with van der Waals surface area (Å²) < 4.78 is 3.41. The first-order valence-corrected chi connectivity index (χ1v) is 9.26. The largest absolute Gasteiger partial charge is 0.319 e. The maximum Gasteiger partial charge on any atom is 0.0738 e. The van der Waals surface area contributed by atoms with Gasteiger partial charge in [0, 0.05) is 6.54 Å². The van der Waals surface area contributed by atoms with Crippen LogP contribution in [-0.4, -0.2) is 23.4 Å². The summed E-state index contributed by atoms with van der Waals surface area (Å²) >= 11 is 3.76. The van der Waals surface area contributed by atoms with Gasteiger partial charge in [0.25, 0.3) is 0 Å². The number of aryl methyl sites for hydroxylation is 2. The molecule has 3 unspecified atom stereocenters. The van der Waals surface area contributed by atoms with E-state index in [1.54, 1.807) is 0 Å². The third-order valence-electron chi connectivity index (χ3n) is 5.20. The number of nitrogens with one attached hydrogen (secondary N) is 1. The van der Waals surface area contributed by atoms with Gasteiger partial charge >= 0.3 is 0 Å². The van der Waals surface area contributed by atoms with E-state index in [0.717, 1.165) is 43.0 Å². The molecule has 3 nitrogen and oxygen atoms in total. The molecule has 0 spiro atoms. The standard InChI is InChI=1S/C17H30BrN3/c1-5-13-7-8-14(11-19-4)15(9-13)10-16-17(18)12(3)20-21(16)6-2/h13-15,19H,5-11H2,1-4H3.